The minimum absolute atomic E-state index is 0.129. The van der Waals surface area contributed by atoms with Gasteiger partial charge in [-0.2, -0.15) is 0 Å². The molecule has 7 heteroatoms. The molecule has 0 radical (unpaired) electrons. The number of rotatable bonds is 5. The Bertz CT molecular complexity index is 723. The van der Waals surface area contributed by atoms with Crippen molar-refractivity contribution in [2.24, 2.45) is 0 Å². The van der Waals surface area contributed by atoms with Crippen LogP contribution in [0.3, 0.4) is 0 Å². The van der Waals surface area contributed by atoms with Gasteiger partial charge < -0.3 is 5.11 Å². The average molecular weight is 329 g/mol. The number of hydrogen-bond donors (Lipinski definition) is 2. The monoisotopic (exact) mass is 329 g/mol. The molecule has 1 heterocycles. The number of halogens is 1. The second-order valence-electron chi connectivity index (χ2n) is 4.72. The van der Waals surface area contributed by atoms with Gasteiger partial charge in [-0.25, -0.2) is 17.5 Å². The highest BCUT2D eigenvalue weighted by Crippen LogP contribution is 2.28. The van der Waals surface area contributed by atoms with Crippen LogP contribution in [-0.2, 0) is 16.6 Å². The zero-order chi connectivity index (χ0) is 15.6. The first-order valence-corrected chi connectivity index (χ1v) is 8.67. The minimum atomic E-state index is -3.74. The fourth-order valence-corrected chi connectivity index (χ4v) is 4.96. The summed E-state index contributed by atoms with van der Waals surface area (Å²) < 4.78 is 40.4. The lowest BCUT2D eigenvalue weighted by atomic mass is 10.1. The van der Waals surface area contributed by atoms with Crippen LogP contribution in [0.15, 0.2) is 34.5 Å². The van der Waals surface area contributed by atoms with E-state index in [1.54, 1.807) is 19.2 Å². The molecule has 0 amide bonds. The Balaban J connectivity index is 2.28. The molecule has 0 aliphatic rings. The second-order valence-corrected chi connectivity index (χ2v) is 7.34. The van der Waals surface area contributed by atoms with Gasteiger partial charge in [-0.15, -0.1) is 11.3 Å². The van der Waals surface area contributed by atoms with Crippen molar-refractivity contribution in [1.29, 1.82) is 0 Å². The Morgan fingerprint density at radius 2 is 1.95 bits per heavy atom. The van der Waals surface area contributed by atoms with E-state index in [0.717, 1.165) is 0 Å². The summed E-state index contributed by atoms with van der Waals surface area (Å²) in [5, 5.41) is 11.0. The SMILES string of the molecule is Cc1csc(CO)c1S(=O)(=O)NC(C)c1ccc(F)cc1. The maximum absolute atomic E-state index is 12.9. The molecule has 114 valence electrons. The van der Waals surface area contributed by atoms with E-state index in [1.807, 2.05) is 0 Å². The van der Waals surface area contributed by atoms with Crippen molar-refractivity contribution in [2.45, 2.75) is 31.4 Å². The van der Waals surface area contributed by atoms with Crippen LogP contribution < -0.4 is 4.72 Å². The fraction of sp³-hybridized carbons (Fsp3) is 0.286. The van der Waals surface area contributed by atoms with Gasteiger partial charge in [-0.05, 0) is 42.5 Å². The van der Waals surface area contributed by atoms with Gasteiger partial charge in [0.2, 0.25) is 10.0 Å². The van der Waals surface area contributed by atoms with Gasteiger partial charge >= 0.3 is 0 Å². The van der Waals surface area contributed by atoms with Crippen LogP contribution >= 0.6 is 11.3 Å². The molecule has 1 unspecified atom stereocenters. The van der Waals surface area contributed by atoms with Crippen LogP contribution in [-0.4, -0.2) is 13.5 Å². The molecule has 0 bridgehead atoms. The first-order chi connectivity index (χ1) is 9.85. The Hall–Kier alpha value is -1.28. The second kappa shape index (κ2) is 6.23. The maximum atomic E-state index is 12.9. The smallest absolute Gasteiger partial charge is 0.242 e. The predicted octanol–water partition coefficient (Wildman–Crippen LogP) is 2.73. The Morgan fingerprint density at radius 1 is 1.33 bits per heavy atom. The summed E-state index contributed by atoms with van der Waals surface area (Å²) >= 11 is 1.21. The van der Waals surface area contributed by atoms with Crippen molar-refractivity contribution >= 4 is 21.4 Å². The van der Waals surface area contributed by atoms with Crippen LogP contribution in [0, 0.1) is 12.7 Å². The summed E-state index contributed by atoms with van der Waals surface area (Å²) in [7, 11) is -3.74. The number of thiophene rings is 1. The molecular formula is C14H16FNO3S2. The Labute approximate surface area is 127 Å². The fourth-order valence-electron chi connectivity index (χ4n) is 2.07. The zero-order valence-corrected chi connectivity index (χ0v) is 13.3. The number of sulfonamides is 1. The molecular weight excluding hydrogens is 313 g/mol. The van der Waals surface area contributed by atoms with E-state index in [0.29, 0.717) is 16.0 Å². The maximum Gasteiger partial charge on any atom is 0.242 e. The summed E-state index contributed by atoms with van der Waals surface area (Å²) in [4.78, 5) is 0.537. The number of aliphatic hydroxyl groups excluding tert-OH is 1. The van der Waals surface area contributed by atoms with Crippen LogP contribution in [0.4, 0.5) is 4.39 Å². The number of aryl methyl sites for hydroxylation is 1. The van der Waals surface area contributed by atoms with E-state index in [4.69, 9.17) is 0 Å². The number of nitrogens with one attached hydrogen (secondary N) is 1. The third kappa shape index (κ3) is 3.49. The van der Waals surface area contributed by atoms with E-state index in [-0.39, 0.29) is 17.3 Å². The lowest BCUT2D eigenvalue weighted by Crippen LogP contribution is -2.27. The lowest BCUT2D eigenvalue weighted by Gasteiger charge is -2.15. The molecule has 1 atom stereocenters. The molecule has 0 saturated heterocycles. The number of benzene rings is 1. The molecule has 2 rings (SSSR count). The summed E-state index contributed by atoms with van der Waals surface area (Å²) in [5.41, 5.74) is 1.27. The van der Waals surface area contributed by atoms with Gasteiger partial charge in [0.1, 0.15) is 10.7 Å². The topological polar surface area (TPSA) is 66.4 Å². The van der Waals surface area contributed by atoms with Gasteiger partial charge in [-0.1, -0.05) is 12.1 Å². The minimum Gasteiger partial charge on any atom is -0.391 e. The molecule has 21 heavy (non-hydrogen) atoms. The van der Waals surface area contributed by atoms with Crippen molar-refractivity contribution in [2.75, 3.05) is 0 Å². The van der Waals surface area contributed by atoms with E-state index in [9.17, 15) is 17.9 Å². The first-order valence-electron chi connectivity index (χ1n) is 6.30. The average Bonchev–Trinajstić information content (AvgIpc) is 2.80. The van der Waals surface area contributed by atoms with E-state index in [2.05, 4.69) is 4.72 Å². The van der Waals surface area contributed by atoms with Crippen LogP contribution in [0.1, 0.15) is 29.0 Å². The molecule has 0 saturated carbocycles. The highest BCUT2D eigenvalue weighted by Gasteiger charge is 2.24. The van der Waals surface area contributed by atoms with Gasteiger partial charge in [0.15, 0.2) is 0 Å². The quantitative estimate of drug-likeness (QED) is 0.886. The molecule has 2 aromatic rings. The van der Waals surface area contributed by atoms with Gasteiger partial charge in [0.05, 0.1) is 11.5 Å². The summed E-state index contributed by atoms with van der Waals surface area (Å²) in [6, 6.07) is 5.15. The van der Waals surface area contributed by atoms with E-state index in [1.165, 1.54) is 35.6 Å². The summed E-state index contributed by atoms with van der Waals surface area (Å²) in [6.45, 7) is 3.05. The molecule has 4 nitrogen and oxygen atoms in total. The first kappa shape index (κ1) is 16.1. The Kier molecular flexibility index (Phi) is 4.77. The van der Waals surface area contributed by atoms with Gasteiger partial charge in [0, 0.05) is 6.04 Å². The number of aliphatic hydroxyl groups is 1. The van der Waals surface area contributed by atoms with Crippen molar-refractivity contribution in [3.05, 3.63) is 51.5 Å². The zero-order valence-electron chi connectivity index (χ0n) is 11.6. The van der Waals surface area contributed by atoms with Gasteiger partial charge in [-0.3, -0.25) is 0 Å². The van der Waals surface area contributed by atoms with Gasteiger partial charge in [0.25, 0.3) is 0 Å². The molecule has 0 aliphatic heterocycles. The standard InChI is InChI=1S/C14H16FNO3S2/c1-9-8-20-13(7-17)14(9)21(18,19)16-10(2)11-3-5-12(15)6-4-11/h3-6,8,10,16-17H,7H2,1-2H3. The number of hydrogen-bond acceptors (Lipinski definition) is 4. The molecule has 1 aromatic heterocycles. The molecule has 0 fully saturated rings. The normalized spacial score (nSPS) is 13.3. The third-order valence-electron chi connectivity index (χ3n) is 3.10. The molecule has 1 aromatic carbocycles. The van der Waals surface area contributed by atoms with Crippen molar-refractivity contribution in [3.8, 4) is 0 Å². The largest absolute Gasteiger partial charge is 0.391 e. The van der Waals surface area contributed by atoms with Crippen LogP contribution in [0.25, 0.3) is 0 Å². The van der Waals surface area contributed by atoms with Crippen molar-refractivity contribution in [1.82, 2.24) is 4.72 Å². The van der Waals surface area contributed by atoms with Crippen LogP contribution in [0.2, 0.25) is 0 Å². The predicted molar refractivity (Wildman–Crippen MR) is 80.1 cm³/mol. The molecule has 2 N–H and O–H groups in total. The molecule has 0 spiro atoms. The van der Waals surface area contributed by atoms with E-state index >= 15 is 0 Å². The van der Waals surface area contributed by atoms with Crippen LogP contribution in [0.5, 0.6) is 0 Å². The third-order valence-corrected chi connectivity index (χ3v) is 6.09. The molecule has 0 aliphatic carbocycles. The van der Waals surface area contributed by atoms with E-state index < -0.39 is 16.1 Å². The Morgan fingerprint density at radius 3 is 2.52 bits per heavy atom. The van der Waals surface area contributed by atoms with Crippen molar-refractivity contribution < 1.29 is 17.9 Å². The summed E-state index contributed by atoms with van der Waals surface area (Å²) in [5.74, 6) is -0.370. The highest BCUT2D eigenvalue weighted by atomic mass is 32.2. The summed E-state index contributed by atoms with van der Waals surface area (Å²) in [6.07, 6.45) is 0. The highest BCUT2D eigenvalue weighted by molar-refractivity contribution is 7.89. The lowest BCUT2D eigenvalue weighted by molar-refractivity contribution is 0.282. The van der Waals surface area contributed by atoms with Crippen molar-refractivity contribution in [3.63, 3.8) is 0 Å².